The van der Waals surface area contributed by atoms with Crippen LogP contribution < -0.4 is 25.6 Å². The number of nitro benzene ring substituents is 2. The van der Waals surface area contributed by atoms with Crippen molar-refractivity contribution in [2.45, 2.75) is 0 Å². The molecular weight excluding hydrogens is 430 g/mol. The molecule has 2 rings (SSSR count). The number of nitrogens with one attached hydrogen (secondary N) is 3. The van der Waals surface area contributed by atoms with Gasteiger partial charge in [0.25, 0.3) is 17.7 Å². The molecule has 0 radical (unpaired) electrons. The van der Waals surface area contributed by atoms with E-state index in [0.29, 0.717) is 0 Å². The van der Waals surface area contributed by atoms with Gasteiger partial charge in [0, 0.05) is 17.7 Å². The largest absolute Gasteiger partial charge is 0.490 e. The fourth-order valence-corrected chi connectivity index (χ4v) is 2.33. The minimum absolute atomic E-state index is 0.0324. The zero-order valence-corrected chi connectivity index (χ0v) is 16.5. The first-order chi connectivity index (χ1) is 15.2. The van der Waals surface area contributed by atoms with E-state index in [9.17, 15) is 34.6 Å². The Morgan fingerprint density at radius 3 is 2.22 bits per heavy atom. The lowest BCUT2D eigenvalue weighted by Crippen LogP contribution is -2.47. The van der Waals surface area contributed by atoms with Gasteiger partial charge < -0.3 is 14.8 Å². The maximum Gasteiger partial charge on any atom is 0.311 e. The highest BCUT2D eigenvalue weighted by Crippen LogP contribution is 2.27. The Kier molecular flexibility index (Phi) is 7.99. The molecule has 0 fully saturated rings. The number of methoxy groups -OCH3 is 1. The second kappa shape index (κ2) is 10.9. The van der Waals surface area contributed by atoms with Gasteiger partial charge in [0.2, 0.25) is 0 Å². The number of hydrazine groups is 1. The van der Waals surface area contributed by atoms with E-state index < -0.39 is 46.4 Å². The number of para-hydroxylation sites is 2. The molecule has 0 unspecified atom stereocenters. The highest BCUT2D eigenvalue weighted by atomic mass is 16.6. The second-order valence-electron chi connectivity index (χ2n) is 5.94. The summed E-state index contributed by atoms with van der Waals surface area (Å²) in [6.45, 7) is -1.17. The maximum atomic E-state index is 12.1. The Balaban J connectivity index is 1.80. The lowest BCUT2D eigenvalue weighted by Gasteiger charge is -2.10. The van der Waals surface area contributed by atoms with Crippen molar-refractivity contribution in [3.63, 3.8) is 0 Å². The van der Waals surface area contributed by atoms with Crippen LogP contribution in [-0.4, -0.2) is 47.8 Å². The van der Waals surface area contributed by atoms with E-state index in [1.807, 2.05) is 10.9 Å². The number of ether oxygens (including phenoxy) is 2. The van der Waals surface area contributed by atoms with Crippen molar-refractivity contribution in [3.8, 4) is 11.5 Å². The Labute approximate surface area is 179 Å². The molecule has 0 aliphatic carbocycles. The molecule has 0 spiro atoms. The van der Waals surface area contributed by atoms with Crippen LogP contribution in [0.4, 0.5) is 11.4 Å². The number of benzene rings is 2. The number of hydrogen-bond acceptors (Lipinski definition) is 9. The minimum Gasteiger partial charge on any atom is -0.490 e. The first-order valence-electron chi connectivity index (χ1n) is 8.77. The molecule has 0 aromatic heterocycles. The molecule has 2 aromatic rings. The smallest absolute Gasteiger partial charge is 0.311 e. The lowest BCUT2D eigenvalue weighted by molar-refractivity contribution is -0.385. The molecule has 0 saturated heterocycles. The highest BCUT2D eigenvalue weighted by Gasteiger charge is 2.19. The van der Waals surface area contributed by atoms with Crippen LogP contribution >= 0.6 is 0 Å². The van der Waals surface area contributed by atoms with E-state index in [-0.39, 0.29) is 22.7 Å². The third-order valence-electron chi connectivity index (χ3n) is 3.81. The third-order valence-corrected chi connectivity index (χ3v) is 3.81. The van der Waals surface area contributed by atoms with Crippen molar-refractivity contribution in [1.82, 2.24) is 16.2 Å². The van der Waals surface area contributed by atoms with Gasteiger partial charge in [0.1, 0.15) is 0 Å². The predicted molar refractivity (Wildman–Crippen MR) is 107 cm³/mol. The average molecular weight is 447 g/mol. The summed E-state index contributed by atoms with van der Waals surface area (Å²) in [7, 11) is 1.24. The molecule has 0 atom stereocenters. The zero-order chi connectivity index (χ0) is 23.7. The number of nitrogens with zero attached hydrogens (tertiary/aromatic N) is 2. The number of nitro groups is 2. The summed E-state index contributed by atoms with van der Waals surface area (Å²) < 4.78 is 9.90. The quantitative estimate of drug-likeness (QED) is 0.362. The summed E-state index contributed by atoms with van der Waals surface area (Å²) in [5.41, 5.74) is 3.20. The summed E-state index contributed by atoms with van der Waals surface area (Å²) in [6.07, 6.45) is 0. The Morgan fingerprint density at radius 1 is 0.906 bits per heavy atom. The number of hydrogen-bond donors (Lipinski definition) is 3. The van der Waals surface area contributed by atoms with E-state index in [2.05, 4.69) is 5.32 Å². The van der Waals surface area contributed by atoms with Crippen molar-refractivity contribution in [2.75, 3.05) is 20.3 Å². The van der Waals surface area contributed by atoms with Gasteiger partial charge in [-0.2, -0.15) is 0 Å². The summed E-state index contributed by atoms with van der Waals surface area (Å²) in [6, 6.07) is 8.95. The Bertz CT molecular complexity index is 1060. The van der Waals surface area contributed by atoms with Crippen LogP contribution in [0.3, 0.4) is 0 Å². The van der Waals surface area contributed by atoms with Crippen LogP contribution in [-0.2, 0) is 9.59 Å². The van der Waals surface area contributed by atoms with Crippen LogP contribution in [0.15, 0.2) is 42.5 Å². The number of carbonyl (C=O) groups excluding carboxylic acids is 3. The molecule has 14 nitrogen and oxygen atoms in total. The lowest BCUT2D eigenvalue weighted by atomic mass is 10.1. The van der Waals surface area contributed by atoms with E-state index in [1.165, 1.54) is 43.5 Å². The van der Waals surface area contributed by atoms with E-state index >= 15 is 0 Å². The van der Waals surface area contributed by atoms with Crippen molar-refractivity contribution in [3.05, 3.63) is 68.3 Å². The molecule has 0 aliphatic heterocycles. The molecule has 168 valence electrons. The van der Waals surface area contributed by atoms with Gasteiger partial charge in [-0.05, 0) is 18.2 Å². The van der Waals surface area contributed by atoms with Gasteiger partial charge in [0.15, 0.2) is 18.1 Å². The SMILES string of the molecule is COc1ccc(C(=O)NCC(=O)NNC(=O)COc2ccccc2[N+](=O)[O-])cc1[N+](=O)[O-]. The highest BCUT2D eigenvalue weighted by molar-refractivity contribution is 5.97. The van der Waals surface area contributed by atoms with Crippen LogP contribution in [0.25, 0.3) is 0 Å². The molecule has 14 heteroatoms. The van der Waals surface area contributed by atoms with Crippen LogP contribution in [0.5, 0.6) is 11.5 Å². The van der Waals surface area contributed by atoms with E-state index in [0.717, 1.165) is 6.07 Å². The molecular formula is C18H17N5O9. The van der Waals surface area contributed by atoms with Gasteiger partial charge in [-0.25, -0.2) is 0 Å². The first kappa shape index (κ1) is 23.5. The van der Waals surface area contributed by atoms with Gasteiger partial charge >= 0.3 is 11.4 Å². The van der Waals surface area contributed by atoms with Crippen molar-refractivity contribution in [1.29, 1.82) is 0 Å². The van der Waals surface area contributed by atoms with Crippen LogP contribution in [0.2, 0.25) is 0 Å². The predicted octanol–water partition coefficient (Wildman–Crippen LogP) is 0.468. The first-order valence-corrected chi connectivity index (χ1v) is 8.77. The molecule has 32 heavy (non-hydrogen) atoms. The van der Waals surface area contributed by atoms with Crippen molar-refractivity contribution >= 4 is 29.1 Å². The van der Waals surface area contributed by atoms with Gasteiger partial charge in [-0.15, -0.1) is 0 Å². The summed E-state index contributed by atoms with van der Waals surface area (Å²) in [5.74, 6) is -2.54. The fourth-order valence-electron chi connectivity index (χ4n) is 2.33. The van der Waals surface area contributed by atoms with Crippen LogP contribution in [0, 0.1) is 20.2 Å². The monoisotopic (exact) mass is 447 g/mol. The minimum atomic E-state index is -0.811. The van der Waals surface area contributed by atoms with E-state index in [1.54, 1.807) is 0 Å². The molecule has 2 aromatic carbocycles. The average Bonchev–Trinajstić information content (AvgIpc) is 2.79. The number of carbonyl (C=O) groups is 3. The second-order valence-corrected chi connectivity index (χ2v) is 5.94. The van der Waals surface area contributed by atoms with Gasteiger partial charge in [-0.1, -0.05) is 12.1 Å². The molecule has 3 N–H and O–H groups in total. The zero-order valence-electron chi connectivity index (χ0n) is 16.5. The molecule has 0 aliphatic rings. The van der Waals surface area contributed by atoms with Crippen molar-refractivity contribution < 1.29 is 33.7 Å². The summed E-state index contributed by atoms with van der Waals surface area (Å²) in [5, 5.41) is 24.1. The fraction of sp³-hybridized carbons (Fsp3) is 0.167. The number of rotatable bonds is 9. The topological polar surface area (TPSA) is 192 Å². The van der Waals surface area contributed by atoms with Gasteiger partial charge in [-0.3, -0.25) is 45.5 Å². The van der Waals surface area contributed by atoms with Crippen molar-refractivity contribution in [2.24, 2.45) is 0 Å². The molecule has 0 heterocycles. The third kappa shape index (κ3) is 6.38. The summed E-state index contributed by atoms with van der Waals surface area (Å²) in [4.78, 5) is 56.1. The molecule has 3 amide bonds. The maximum absolute atomic E-state index is 12.1. The van der Waals surface area contributed by atoms with E-state index in [4.69, 9.17) is 9.47 Å². The Hall–Kier alpha value is -4.75. The van der Waals surface area contributed by atoms with Gasteiger partial charge in [0.05, 0.1) is 23.5 Å². The Morgan fingerprint density at radius 2 is 1.56 bits per heavy atom. The molecule has 0 saturated carbocycles. The normalized spacial score (nSPS) is 9.91. The standard InChI is InChI=1S/C18H17N5O9/c1-31-14-7-6-11(8-13(14)23(29)30)18(26)19-9-16(24)20-21-17(25)10-32-15-5-3-2-4-12(15)22(27)28/h2-8H,9-10H2,1H3,(H,19,26)(H,20,24)(H,21,25). The van der Waals surface area contributed by atoms with Crippen LogP contribution in [0.1, 0.15) is 10.4 Å². The summed E-state index contributed by atoms with van der Waals surface area (Å²) >= 11 is 0. The molecule has 0 bridgehead atoms. The number of amides is 3.